The van der Waals surface area contributed by atoms with E-state index in [2.05, 4.69) is 53.0 Å². The number of methoxy groups -OCH3 is 1. The summed E-state index contributed by atoms with van der Waals surface area (Å²) in [5, 5.41) is 1.30. The number of nitrogens with zero attached hydrogens (tertiary/aromatic N) is 2. The molecule has 24 heavy (non-hydrogen) atoms. The first-order valence-electron chi connectivity index (χ1n) is 8.50. The van der Waals surface area contributed by atoms with Gasteiger partial charge in [-0.2, -0.15) is 0 Å². The first kappa shape index (κ1) is 15.4. The molecule has 0 unspecified atom stereocenters. The molecule has 4 rings (SSSR count). The maximum atomic E-state index is 5.65. The van der Waals surface area contributed by atoms with Crippen LogP contribution in [-0.2, 0) is 11.3 Å². The SMILES string of the molecule is CO[C@@H]1C[C@@H](c2nc(C)c(C)[nH]2)N(Cc2cccc3[nH]ccc23)C1. The highest BCUT2D eigenvalue weighted by Crippen LogP contribution is 2.34. The molecule has 2 aromatic heterocycles. The van der Waals surface area contributed by atoms with Crippen molar-refractivity contribution in [2.45, 2.75) is 39.0 Å². The minimum atomic E-state index is 0.256. The Morgan fingerprint density at radius 1 is 1.29 bits per heavy atom. The van der Waals surface area contributed by atoms with E-state index in [-0.39, 0.29) is 12.1 Å². The second-order valence-corrected chi connectivity index (χ2v) is 6.73. The van der Waals surface area contributed by atoms with Gasteiger partial charge in [0.05, 0.1) is 17.8 Å². The molecule has 3 heterocycles. The number of likely N-dealkylation sites (tertiary alicyclic amines) is 1. The van der Waals surface area contributed by atoms with Crippen molar-refractivity contribution in [3.8, 4) is 0 Å². The van der Waals surface area contributed by atoms with Crippen molar-refractivity contribution in [1.82, 2.24) is 19.9 Å². The molecule has 1 fully saturated rings. The normalized spacial score (nSPS) is 21.8. The van der Waals surface area contributed by atoms with Gasteiger partial charge < -0.3 is 14.7 Å². The quantitative estimate of drug-likeness (QED) is 0.772. The third-order valence-corrected chi connectivity index (χ3v) is 5.22. The van der Waals surface area contributed by atoms with E-state index in [0.717, 1.165) is 36.7 Å². The number of H-pyrrole nitrogens is 2. The van der Waals surface area contributed by atoms with Gasteiger partial charge in [0.2, 0.25) is 0 Å². The first-order chi connectivity index (χ1) is 11.7. The van der Waals surface area contributed by atoms with Crippen LogP contribution in [0.4, 0.5) is 0 Å². The molecule has 0 saturated carbocycles. The van der Waals surface area contributed by atoms with Crippen LogP contribution in [0.3, 0.4) is 0 Å². The molecule has 5 nitrogen and oxygen atoms in total. The van der Waals surface area contributed by atoms with Crippen LogP contribution in [0.1, 0.15) is 35.2 Å². The van der Waals surface area contributed by atoms with Crippen molar-refractivity contribution in [2.75, 3.05) is 13.7 Å². The Kier molecular flexibility index (Phi) is 3.90. The van der Waals surface area contributed by atoms with Crippen LogP contribution in [-0.4, -0.2) is 39.6 Å². The standard InChI is InChI=1S/C19H24N4O/c1-12-13(2)22-19(21-12)18-9-15(24-3)11-23(18)10-14-5-4-6-17-16(14)7-8-20-17/h4-8,15,18,20H,9-11H2,1-3H3,(H,21,22)/t15-,18+/m1/s1. The van der Waals surface area contributed by atoms with E-state index in [1.54, 1.807) is 7.11 Å². The third-order valence-electron chi connectivity index (χ3n) is 5.22. The van der Waals surface area contributed by atoms with Crippen LogP contribution < -0.4 is 0 Å². The second-order valence-electron chi connectivity index (χ2n) is 6.73. The number of rotatable bonds is 4. The van der Waals surface area contributed by atoms with Gasteiger partial charge in [-0.05, 0) is 38.0 Å². The van der Waals surface area contributed by atoms with Crippen LogP contribution in [0, 0.1) is 13.8 Å². The molecule has 1 aliphatic heterocycles. The molecule has 1 aromatic carbocycles. The van der Waals surface area contributed by atoms with E-state index in [4.69, 9.17) is 9.72 Å². The summed E-state index contributed by atoms with van der Waals surface area (Å²) < 4.78 is 5.65. The molecule has 0 bridgehead atoms. The van der Waals surface area contributed by atoms with E-state index in [0.29, 0.717) is 0 Å². The molecular formula is C19H24N4O. The number of aryl methyl sites for hydroxylation is 2. The van der Waals surface area contributed by atoms with Crippen molar-refractivity contribution in [3.63, 3.8) is 0 Å². The summed E-state index contributed by atoms with van der Waals surface area (Å²) >= 11 is 0. The summed E-state index contributed by atoms with van der Waals surface area (Å²) in [4.78, 5) is 14.0. The number of nitrogens with one attached hydrogen (secondary N) is 2. The minimum absolute atomic E-state index is 0.256. The van der Waals surface area contributed by atoms with Gasteiger partial charge in [0, 0.05) is 43.0 Å². The number of imidazole rings is 1. The number of fused-ring (bicyclic) bond motifs is 1. The van der Waals surface area contributed by atoms with E-state index in [1.807, 2.05) is 6.20 Å². The zero-order valence-electron chi connectivity index (χ0n) is 14.5. The molecule has 1 aliphatic rings. The van der Waals surface area contributed by atoms with Crippen LogP contribution in [0.25, 0.3) is 10.9 Å². The van der Waals surface area contributed by atoms with Crippen LogP contribution in [0.5, 0.6) is 0 Å². The first-order valence-corrected chi connectivity index (χ1v) is 8.50. The van der Waals surface area contributed by atoms with Gasteiger partial charge >= 0.3 is 0 Å². The average molecular weight is 324 g/mol. The van der Waals surface area contributed by atoms with Gasteiger partial charge in [0.25, 0.3) is 0 Å². The number of aromatic amines is 2. The minimum Gasteiger partial charge on any atom is -0.380 e. The Bertz CT molecular complexity index is 831. The predicted molar refractivity (Wildman–Crippen MR) is 94.9 cm³/mol. The number of aromatic nitrogens is 3. The van der Waals surface area contributed by atoms with Gasteiger partial charge in [-0.1, -0.05) is 12.1 Å². The Balaban J connectivity index is 1.65. The molecule has 1 saturated heterocycles. The highest BCUT2D eigenvalue weighted by atomic mass is 16.5. The Morgan fingerprint density at radius 2 is 2.17 bits per heavy atom. The maximum Gasteiger partial charge on any atom is 0.124 e. The highest BCUT2D eigenvalue weighted by Gasteiger charge is 2.35. The summed E-state index contributed by atoms with van der Waals surface area (Å²) in [6, 6.07) is 8.89. The highest BCUT2D eigenvalue weighted by molar-refractivity contribution is 5.82. The van der Waals surface area contributed by atoms with Gasteiger partial charge in [-0.3, -0.25) is 4.90 Å². The number of hydrogen-bond donors (Lipinski definition) is 2. The fourth-order valence-corrected chi connectivity index (χ4v) is 3.73. The largest absolute Gasteiger partial charge is 0.380 e. The molecular weight excluding hydrogens is 300 g/mol. The molecule has 0 radical (unpaired) electrons. The molecule has 2 atom stereocenters. The maximum absolute atomic E-state index is 5.65. The zero-order valence-corrected chi connectivity index (χ0v) is 14.5. The molecule has 126 valence electrons. The van der Waals surface area contributed by atoms with Crippen molar-refractivity contribution in [1.29, 1.82) is 0 Å². The summed E-state index contributed by atoms with van der Waals surface area (Å²) in [5.41, 5.74) is 4.77. The van der Waals surface area contributed by atoms with Gasteiger partial charge in [0.1, 0.15) is 5.82 Å². The summed E-state index contributed by atoms with van der Waals surface area (Å²) in [7, 11) is 1.80. The lowest BCUT2D eigenvalue weighted by atomic mass is 10.1. The van der Waals surface area contributed by atoms with Crippen LogP contribution in [0.15, 0.2) is 30.5 Å². The molecule has 0 spiro atoms. The Labute approximate surface area is 142 Å². The topological polar surface area (TPSA) is 56.9 Å². The molecule has 2 N–H and O–H groups in total. The Morgan fingerprint density at radius 3 is 2.92 bits per heavy atom. The van der Waals surface area contributed by atoms with Crippen molar-refractivity contribution < 1.29 is 4.74 Å². The van der Waals surface area contributed by atoms with E-state index >= 15 is 0 Å². The van der Waals surface area contributed by atoms with Crippen LogP contribution in [0.2, 0.25) is 0 Å². The fourth-order valence-electron chi connectivity index (χ4n) is 3.73. The summed E-state index contributed by atoms with van der Waals surface area (Å²) in [5.74, 6) is 1.06. The number of benzene rings is 1. The number of hydrogen-bond acceptors (Lipinski definition) is 3. The Hall–Kier alpha value is -2.11. The van der Waals surface area contributed by atoms with Gasteiger partial charge in [-0.15, -0.1) is 0 Å². The van der Waals surface area contributed by atoms with Gasteiger partial charge in [-0.25, -0.2) is 4.98 Å². The van der Waals surface area contributed by atoms with Crippen molar-refractivity contribution in [2.24, 2.45) is 0 Å². The average Bonchev–Trinajstić information content (AvgIpc) is 3.27. The van der Waals surface area contributed by atoms with E-state index in [9.17, 15) is 0 Å². The molecule has 5 heteroatoms. The molecule has 3 aromatic rings. The monoisotopic (exact) mass is 324 g/mol. The number of ether oxygens (including phenoxy) is 1. The van der Waals surface area contributed by atoms with E-state index < -0.39 is 0 Å². The van der Waals surface area contributed by atoms with Crippen molar-refractivity contribution in [3.05, 3.63) is 53.2 Å². The lowest BCUT2D eigenvalue weighted by Crippen LogP contribution is -2.25. The second kappa shape index (κ2) is 6.07. The van der Waals surface area contributed by atoms with Gasteiger partial charge in [0.15, 0.2) is 0 Å². The zero-order chi connectivity index (χ0) is 16.7. The van der Waals surface area contributed by atoms with Crippen LogP contribution >= 0.6 is 0 Å². The smallest absolute Gasteiger partial charge is 0.124 e. The predicted octanol–water partition coefficient (Wildman–Crippen LogP) is 3.47. The lowest BCUT2D eigenvalue weighted by molar-refractivity contribution is 0.107. The third kappa shape index (κ3) is 2.64. The van der Waals surface area contributed by atoms with Crippen molar-refractivity contribution >= 4 is 10.9 Å². The summed E-state index contributed by atoms with van der Waals surface area (Å²) in [6.07, 6.45) is 3.24. The van der Waals surface area contributed by atoms with E-state index in [1.165, 1.54) is 16.5 Å². The molecule has 0 aliphatic carbocycles. The fraction of sp³-hybridized carbons (Fsp3) is 0.421. The molecule has 0 amide bonds. The summed E-state index contributed by atoms with van der Waals surface area (Å²) in [6.45, 7) is 5.97. The lowest BCUT2D eigenvalue weighted by Gasteiger charge is -2.23.